The van der Waals surface area contributed by atoms with E-state index < -0.39 is 0 Å². The molecule has 0 bridgehead atoms. The van der Waals surface area contributed by atoms with Crippen LogP contribution in [0.25, 0.3) is 10.6 Å². The second-order valence-corrected chi connectivity index (χ2v) is 6.77. The maximum atomic E-state index is 11.8. The lowest BCUT2D eigenvalue weighted by Gasteiger charge is -2.07. The third-order valence-corrected chi connectivity index (χ3v) is 4.98. The van der Waals surface area contributed by atoms with Crippen molar-refractivity contribution >= 4 is 17.2 Å². The van der Waals surface area contributed by atoms with Gasteiger partial charge in [0.15, 0.2) is 0 Å². The molecule has 1 amide bonds. The topological polar surface area (TPSA) is 71.5 Å². The fourth-order valence-corrected chi connectivity index (χ4v) is 3.37. The number of aliphatic hydroxyl groups is 1. The van der Waals surface area contributed by atoms with Gasteiger partial charge in [0.25, 0.3) is 5.91 Å². The normalized spacial score (nSPS) is 10.5. The van der Waals surface area contributed by atoms with Crippen LogP contribution in [0.1, 0.15) is 20.9 Å². The van der Waals surface area contributed by atoms with Crippen LogP contribution in [0.3, 0.4) is 0 Å². The van der Waals surface area contributed by atoms with Gasteiger partial charge in [-0.2, -0.15) is 0 Å². The number of amides is 1. The number of benzene rings is 2. The molecule has 0 unspecified atom stereocenters. The van der Waals surface area contributed by atoms with Gasteiger partial charge in [0.05, 0.1) is 17.2 Å². The lowest BCUT2D eigenvalue weighted by atomic mass is 10.2. The van der Waals surface area contributed by atoms with E-state index in [1.54, 1.807) is 35.6 Å². The van der Waals surface area contributed by atoms with Crippen molar-refractivity contribution in [3.05, 3.63) is 70.7 Å². The summed E-state index contributed by atoms with van der Waals surface area (Å²) >= 11 is 1.63. The molecular weight excluding hydrogens is 348 g/mol. The van der Waals surface area contributed by atoms with Crippen LogP contribution < -0.4 is 10.1 Å². The van der Waals surface area contributed by atoms with E-state index in [2.05, 4.69) is 10.3 Å². The van der Waals surface area contributed by atoms with Crippen LogP contribution in [-0.4, -0.2) is 29.1 Å². The Kier molecular flexibility index (Phi) is 5.99. The third-order valence-electron chi connectivity index (χ3n) is 3.80. The van der Waals surface area contributed by atoms with E-state index in [9.17, 15) is 4.79 Å². The van der Waals surface area contributed by atoms with Gasteiger partial charge in [-0.3, -0.25) is 4.79 Å². The number of hydrogen-bond acceptors (Lipinski definition) is 5. The average molecular weight is 368 g/mol. The molecule has 6 heteroatoms. The number of aromatic nitrogens is 1. The lowest BCUT2D eigenvalue weighted by molar-refractivity contribution is 0.0944. The van der Waals surface area contributed by atoms with Gasteiger partial charge >= 0.3 is 0 Å². The number of rotatable bonds is 7. The Morgan fingerprint density at radius 2 is 1.88 bits per heavy atom. The number of nitrogens with zero attached hydrogens (tertiary/aromatic N) is 1. The number of thiazole rings is 1. The molecular formula is C20H20N2O3S. The maximum Gasteiger partial charge on any atom is 0.251 e. The molecule has 0 saturated carbocycles. The van der Waals surface area contributed by atoms with Crippen molar-refractivity contribution in [1.82, 2.24) is 10.3 Å². The van der Waals surface area contributed by atoms with E-state index in [0.717, 1.165) is 21.1 Å². The molecule has 26 heavy (non-hydrogen) atoms. The molecule has 0 aliphatic heterocycles. The first kappa shape index (κ1) is 18.1. The van der Waals surface area contributed by atoms with Crippen LogP contribution in [-0.2, 0) is 6.61 Å². The van der Waals surface area contributed by atoms with Crippen LogP contribution >= 0.6 is 11.3 Å². The molecule has 5 nitrogen and oxygen atoms in total. The Hall–Kier alpha value is -2.70. The molecule has 3 aromatic rings. The van der Waals surface area contributed by atoms with Gasteiger partial charge in [0, 0.05) is 17.7 Å². The number of carbonyl (C=O) groups excluding carboxylic acids is 1. The maximum absolute atomic E-state index is 11.8. The Labute approximate surface area is 156 Å². The van der Waals surface area contributed by atoms with E-state index in [1.807, 2.05) is 37.3 Å². The van der Waals surface area contributed by atoms with Gasteiger partial charge in [-0.05, 0) is 31.2 Å². The Balaban J connectivity index is 1.62. The number of aliphatic hydroxyl groups excluding tert-OH is 1. The number of aryl methyl sites for hydroxylation is 1. The highest BCUT2D eigenvalue weighted by Crippen LogP contribution is 2.28. The zero-order chi connectivity index (χ0) is 18.4. The largest absolute Gasteiger partial charge is 0.488 e. The van der Waals surface area contributed by atoms with Crippen molar-refractivity contribution in [3.8, 4) is 16.3 Å². The Morgan fingerprint density at radius 3 is 2.58 bits per heavy atom. The quantitative estimate of drug-likeness (QED) is 0.670. The summed E-state index contributed by atoms with van der Waals surface area (Å²) in [5.41, 5.74) is 2.60. The Bertz CT molecular complexity index is 861. The molecule has 1 heterocycles. The van der Waals surface area contributed by atoms with Gasteiger partial charge in [-0.15, -0.1) is 11.3 Å². The fourth-order valence-electron chi connectivity index (χ4n) is 2.39. The zero-order valence-corrected chi connectivity index (χ0v) is 15.3. The Morgan fingerprint density at radius 1 is 1.15 bits per heavy atom. The predicted octanol–water partition coefficient (Wildman–Crippen LogP) is 3.42. The summed E-state index contributed by atoms with van der Waals surface area (Å²) in [6, 6.07) is 17.0. The molecule has 0 aliphatic carbocycles. The van der Waals surface area contributed by atoms with Gasteiger partial charge in [-0.1, -0.05) is 30.3 Å². The minimum Gasteiger partial charge on any atom is -0.488 e. The van der Waals surface area contributed by atoms with Crippen molar-refractivity contribution < 1.29 is 14.6 Å². The first-order valence-corrected chi connectivity index (χ1v) is 9.12. The minimum atomic E-state index is -0.212. The molecule has 134 valence electrons. The minimum absolute atomic E-state index is 0.0773. The molecule has 0 fully saturated rings. The standard InChI is InChI=1S/C20H20N2O3S/c1-14-18(26-20(22-14)16-5-3-2-4-6-16)13-25-17-9-7-15(8-10-17)19(24)21-11-12-23/h2-10,23H,11-13H2,1H3,(H,21,24). The van der Waals surface area contributed by atoms with Crippen LogP contribution in [0, 0.1) is 6.92 Å². The predicted molar refractivity (Wildman–Crippen MR) is 102 cm³/mol. The molecule has 2 N–H and O–H groups in total. The summed E-state index contributed by atoms with van der Waals surface area (Å²) in [5.74, 6) is 0.481. The number of hydrogen-bond donors (Lipinski definition) is 2. The SMILES string of the molecule is Cc1nc(-c2ccccc2)sc1COc1ccc(C(=O)NCCO)cc1. The summed E-state index contributed by atoms with van der Waals surface area (Å²) < 4.78 is 5.84. The molecule has 0 saturated heterocycles. The van der Waals surface area contributed by atoms with Crippen molar-refractivity contribution in [3.63, 3.8) is 0 Å². The molecule has 3 rings (SSSR count). The molecule has 0 atom stereocenters. The van der Waals surface area contributed by atoms with Crippen LogP contribution in [0.15, 0.2) is 54.6 Å². The molecule has 2 aromatic carbocycles. The lowest BCUT2D eigenvalue weighted by Crippen LogP contribution is -2.26. The highest BCUT2D eigenvalue weighted by atomic mass is 32.1. The van der Waals surface area contributed by atoms with Gasteiger partial charge < -0.3 is 15.2 Å². The summed E-state index contributed by atoms with van der Waals surface area (Å²) in [7, 11) is 0. The first-order valence-electron chi connectivity index (χ1n) is 8.31. The van der Waals surface area contributed by atoms with Crippen molar-refractivity contribution in [2.24, 2.45) is 0 Å². The van der Waals surface area contributed by atoms with Crippen molar-refractivity contribution in [1.29, 1.82) is 0 Å². The van der Waals surface area contributed by atoms with E-state index in [4.69, 9.17) is 9.84 Å². The van der Waals surface area contributed by atoms with Gasteiger partial charge in [0.2, 0.25) is 0 Å². The molecule has 1 aromatic heterocycles. The summed E-state index contributed by atoms with van der Waals surface area (Å²) in [4.78, 5) is 17.5. The monoisotopic (exact) mass is 368 g/mol. The number of nitrogens with one attached hydrogen (secondary N) is 1. The molecule has 0 aliphatic rings. The van der Waals surface area contributed by atoms with E-state index in [0.29, 0.717) is 17.9 Å². The summed E-state index contributed by atoms with van der Waals surface area (Å²) in [6.45, 7) is 2.58. The number of ether oxygens (including phenoxy) is 1. The second kappa shape index (κ2) is 8.60. The van der Waals surface area contributed by atoms with E-state index in [-0.39, 0.29) is 19.1 Å². The summed E-state index contributed by atoms with van der Waals surface area (Å²) in [6.07, 6.45) is 0. The average Bonchev–Trinajstić information content (AvgIpc) is 3.06. The molecule has 0 radical (unpaired) electrons. The number of carbonyl (C=O) groups is 1. The summed E-state index contributed by atoms with van der Waals surface area (Å²) in [5, 5.41) is 12.3. The van der Waals surface area contributed by atoms with Crippen LogP contribution in [0.5, 0.6) is 5.75 Å². The third kappa shape index (κ3) is 4.47. The van der Waals surface area contributed by atoms with Crippen LogP contribution in [0.4, 0.5) is 0 Å². The zero-order valence-electron chi connectivity index (χ0n) is 14.4. The second-order valence-electron chi connectivity index (χ2n) is 5.69. The highest BCUT2D eigenvalue weighted by Gasteiger charge is 2.10. The van der Waals surface area contributed by atoms with Gasteiger partial charge in [-0.25, -0.2) is 4.98 Å². The van der Waals surface area contributed by atoms with Gasteiger partial charge in [0.1, 0.15) is 17.4 Å². The van der Waals surface area contributed by atoms with Crippen molar-refractivity contribution in [2.45, 2.75) is 13.5 Å². The fraction of sp³-hybridized carbons (Fsp3) is 0.200. The molecule has 0 spiro atoms. The first-order chi connectivity index (χ1) is 12.7. The highest BCUT2D eigenvalue weighted by molar-refractivity contribution is 7.15. The van der Waals surface area contributed by atoms with E-state index >= 15 is 0 Å². The van der Waals surface area contributed by atoms with E-state index in [1.165, 1.54) is 0 Å². The van der Waals surface area contributed by atoms with Crippen molar-refractivity contribution in [2.75, 3.05) is 13.2 Å². The smallest absolute Gasteiger partial charge is 0.251 e. The van der Waals surface area contributed by atoms with Crippen LogP contribution in [0.2, 0.25) is 0 Å².